The van der Waals surface area contributed by atoms with Crippen LogP contribution in [0.15, 0.2) is 29.2 Å². The van der Waals surface area contributed by atoms with Gasteiger partial charge in [0.1, 0.15) is 0 Å². The molecule has 0 heterocycles. The van der Waals surface area contributed by atoms with E-state index < -0.39 is 10.0 Å². The lowest BCUT2D eigenvalue weighted by molar-refractivity contribution is 0.316. The Labute approximate surface area is 121 Å². The molecule has 1 saturated carbocycles. The molecule has 1 aromatic rings. The lowest BCUT2D eigenvalue weighted by Gasteiger charge is -2.19. The number of nitrogens with zero attached hydrogens (tertiary/aromatic N) is 1. The van der Waals surface area contributed by atoms with Gasteiger partial charge < -0.3 is 10.2 Å². The molecule has 1 aromatic carbocycles. The van der Waals surface area contributed by atoms with Gasteiger partial charge in [-0.05, 0) is 44.5 Å². The predicted molar refractivity (Wildman–Crippen MR) is 79.9 cm³/mol. The molecule has 1 atom stereocenters. The third-order valence-electron chi connectivity index (χ3n) is 3.77. The minimum Gasteiger partial charge on any atom is -0.309 e. The molecule has 20 heavy (non-hydrogen) atoms. The number of rotatable bonds is 7. The van der Waals surface area contributed by atoms with E-state index in [0.29, 0.717) is 0 Å². The van der Waals surface area contributed by atoms with E-state index in [9.17, 15) is 8.42 Å². The standard InChI is InChI=1S/C14H23N3O2S/c1-11(16-8-9-17(2)13-6-7-13)12-4-3-5-14(10-12)20(15,18)19/h3-5,10-11,13,16H,6-9H2,1-2H3,(H2,15,18,19). The molecule has 1 aliphatic rings. The van der Waals surface area contributed by atoms with E-state index in [1.807, 2.05) is 13.0 Å². The second-order valence-electron chi connectivity index (χ2n) is 5.51. The monoisotopic (exact) mass is 297 g/mol. The smallest absolute Gasteiger partial charge is 0.238 e. The summed E-state index contributed by atoms with van der Waals surface area (Å²) in [5.74, 6) is 0. The third-order valence-corrected chi connectivity index (χ3v) is 4.68. The maximum atomic E-state index is 11.3. The Hall–Kier alpha value is -0.950. The maximum Gasteiger partial charge on any atom is 0.238 e. The number of nitrogens with two attached hydrogens (primary N) is 1. The van der Waals surface area contributed by atoms with Gasteiger partial charge in [-0.3, -0.25) is 0 Å². The molecule has 0 radical (unpaired) electrons. The predicted octanol–water partition coefficient (Wildman–Crippen LogP) is 1.08. The number of nitrogens with one attached hydrogen (secondary N) is 1. The van der Waals surface area contributed by atoms with Gasteiger partial charge in [0.15, 0.2) is 0 Å². The van der Waals surface area contributed by atoms with Crippen molar-refractivity contribution in [2.75, 3.05) is 20.1 Å². The van der Waals surface area contributed by atoms with Crippen LogP contribution in [0.2, 0.25) is 0 Å². The first kappa shape index (κ1) is 15.4. The fourth-order valence-corrected chi connectivity index (χ4v) is 2.80. The zero-order valence-electron chi connectivity index (χ0n) is 12.0. The summed E-state index contributed by atoms with van der Waals surface area (Å²) in [4.78, 5) is 2.53. The van der Waals surface area contributed by atoms with Crippen molar-refractivity contribution in [3.63, 3.8) is 0 Å². The largest absolute Gasteiger partial charge is 0.309 e. The molecule has 2 rings (SSSR count). The highest BCUT2D eigenvalue weighted by Gasteiger charge is 2.25. The lowest BCUT2D eigenvalue weighted by Crippen LogP contribution is -2.32. The van der Waals surface area contributed by atoms with Gasteiger partial charge in [-0.1, -0.05) is 12.1 Å². The summed E-state index contributed by atoms with van der Waals surface area (Å²) in [6, 6.07) is 7.66. The molecule has 112 valence electrons. The summed E-state index contributed by atoms with van der Waals surface area (Å²) in [6.07, 6.45) is 2.62. The van der Waals surface area contributed by atoms with E-state index in [4.69, 9.17) is 5.14 Å². The average molecular weight is 297 g/mol. The SMILES string of the molecule is CC(NCCN(C)C1CC1)c1cccc(S(N)(=O)=O)c1. The first-order chi connectivity index (χ1) is 9.38. The molecule has 6 heteroatoms. The van der Waals surface area contributed by atoms with Crippen molar-refractivity contribution >= 4 is 10.0 Å². The van der Waals surface area contributed by atoms with Gasteiger partial charge in [0, 0.05) is 25.2 Å². The Morgan fingerprint density at radius 2 is 2.15 bits per heavy atom. The summed E-state index contributed by atoms with van der Waals surface area (Å²) < 4.78 is 22.7. The van der Waals surface area contributed by atoms with Gasteiger partial charge in [-0.2, -0.15) is 0 Å². The van der Waals surface area contributed by atoms with Crippen LogP contribution in [-0.2, 0) is 10.0 Å². The van der Waals surface area contributed by atoms with Crippen molar-refractivity contribution in [3.8, 4) is 0 Å². The highest BCUT2D eigenvalue weighted by Crippen LogP contribution is 2.24. The van der Waals surface area contributed by atoms with Gasteiger partial charge in [-0.25, -0.2) is 13.6 Å². The molecule has 0 aliphatic heterocycles. The van der Waals surface area contributed by atoms with Crippen LogP contribution in [0.3, 0.4) is 0 Å². The Kier molecular flexibility index (Phi) is 4.80. The summed E-state index contributed by atoms with van der Waals surface area (Å²) in [7, 11) is -1.49. The first-order valence-corrected chi connectivity index (χ1v) is 8.49. The Balaban J connectivity index is 1.89. The minimum atomic E-state index is -3.63. The van der Waals surface area contributed by atoms with Gasteiger partial charge in [0.2, 0.25) is 10.0 Å². The highest BCUT2D eigenvalue weighted by molar-refractivity contribution is 7.89. The van der Waals surface area contributed by atoms with Crippen LogP contribution >= 0.6 is 0 Å². The van der Waals surface area contributed by atoms with Crippen molar-refractivity contribution in [1.29, 1.82) is 0 Å². The molecule has 0 bridgehead atoms. The molecule has 1 fully saturated rings. The van der Waals surface area contributed by atoms with Crippen molar-refractivity contribution < 1.29 is 8.42 Å². The third kappa shape index (κ3) is 4.28. The molecule has 5 nitrogen and oxygen atoms in total. The van der Waals surface area contributed by atoms with Gasteiger partial charge >= 0.3 is 0 Å². The lowest BCUT2D eigenvalue weighted by atomic mass is 10.1. The van der Waals surface area contributed by atoms with E-state index in [1.54, 1.807) is 12.1 Å². The first-order valence-electron chi connectivity index (χ1n) is 6.94. The van der Waals surface area contributed by atoms with E-state index in [1.165, 1.54) is 18.9 Å². The van der Waals surface area contributed by atoms with Crippen LogP contribution in [0, 0.1) is 0 Å². The Morgan fingerprint density at radius 3 is 2.75 bits per heavy atom. The Bertz CT molecular complexity index is 555. The molecule has 0 aromatic heterocycles. The topological polar surface area (TPSA) is 75.4 Å². The van der Waals surface area contributed by atoms with Crippen molar-refractivity contribution in [2.45, 2.75) is 36.7 Å². The number of hydrogen-bond acceptors (Lipinski definition) is 4. The van der Waals surface area contributed by atoms with Gasteiger partial charge in [-0.15, -0.1) is 0 Å². The van der Waals surface area contributed by atoms with Crippen LogP contribution in [0.1, 0.15) is 31.4 Å². The van der Waals surface area contributed by atoms with Crippen LogP contribution in [0.25, 0.3) is 0 Å². The molecular formula is C14H23N3O2S. The number of benzene rings is 1. The molecule has 0 amide bonds. The van der Waals surface area contributed by atoms with Crippen LogP contribution in [-0.4, -0.2) is 39.5 Å². The van der Waals surface area contributed by atoms with E-state index in [0.717, 1.165) is 24.7 Å². The van der Waals surface area contributed by atoms with Crippen molar-refractivity contribution in [3.05, 3.63) is 29.8 Å². The quantitative estimate of drug-likeness (QED) is 0.789. The number of hydrogen-bond donors (Lipinski definition) is 2. The second-order valence-corrected chi connectivity index (χ2v) is 7.07. The second kappa shape index (κ2) is 6.22. The fourth-order valence-electron chi connectivity index (χ4n) is 2.23. The van der Waals surface area contributed by atoms with Crippen LogP contribution < -0.4 is 10.5 Å². The molecular weight excluding hydrogens is 274 g/mol. The summed E-state index contributed by atoms with van der Waals surface area (Å²) in [5.41, 5.74) is 0.936. The highest BCUT2D eigenvalue weighted by atomic mass is 32.2. The average Bonchev–Trinajstić information content (AvgIpc) is 3.22. The summed E-state index contributed by atoms with van der Waals surface area (Å²) in [5, 5.41) is 8.56. The molecule has 1 unspecified atom stereocenters. The molecule has 1 aliphatic carbocycles. The zero-order valence-corrected chi connectivity index (χ0v) is 12.9. The molecule has 0 spiro atoms. The van der Waals surface area contributed by atoms with E-state index in [2.05, 4.69) is 17.3 Å². The molecule has 3 N–H and O–H groups in total. The zero-order chi connectivity index (χ0) is 14.8. The Morgan fingerprint density at radius 1 is 1.45 bits per heavy atom. The maximum absolute atomic E-state index is 11.3. The van der Waals surface area contributed by atoms with E-state index >= 15 is 0 Å². The van der Waals surface area contributed by atoms with Gasteiger partial charge in [0.25, 0.3) is 0 Å². The summed E-state index contributed by atoms with van der Waals surface area (Å²) in [6.45, 7) is 3.91. The summed E-state index contributed by atoms with van der Waals surface area (Å²) >= 11 is 0. The van der Waals surface area contributed by atoms with Crippen molar-refractivity contribution in [2.24, 2.45) is 5.14 Å². The van der Waals surface area contributed by atoms with Gasteiger partial charge in [0.05, 0.1) is 4.90 Å². The minimum absolute atomic E-state index is 0.101. The molecule has 0 saturated heterocycles. The van der Waals surface area contributed by atoms with Crippen molar-refractivity contribution in [1.82, 2.24) is 10.2 Å². The number of primary sulfonamides is 1. The van der Waals surface area contributed by atoms with Crippen LogP contribution in [0.5, 0.6) is 0 Å². The number of sulfonamides is 1. The fraction of sp³-hybridized carbons (Fsp3) is 0.571. The van der Waals surface area contributed by atoms with Crippen LogP contribution in [0.4, 0.5) is 0 Å². The number of likely N-dealkylation sites (N-methyl/N-ethyl adjacent to an activating group) is 1. The van der Waals surface area contributed by atoms with E-state index in [-0.39, 0.29) is 10.9 Å². The normalized spacial score (nSPS) is 17.4.